The topological polar surface area (TPSA) is 83.1 Å². The number of imidazole rings is 1. The van der Waals surface area contributed by atoms with E-state index in [2.05, 4.69) is 28.9 Å². The number of hydrogen-bond acceptors (Lipinski definition) is 4. The van der Waals surface area contributed by atoms with Gasteiger partial charge in [-0.2, -0.15) is 4.73 Å². The number of aromatic nitrogens is 3. The highest BCUT2D eigenvalue weighted by Gasteiger charge is 2.19. The summed E-state index contributed by atoms with van der Waals surface area (Å²) >= 11 is 0. The third kappa shape index (κ3) is 5.30. The number of carbonyl (C=O) groups is 1. The molecule has 0 aliphatic carbocycles. The number of carbonyl (C=O) groups excluding carboxylic acids is 1. The number of pyridine rings is 1. The summed E-state index contributed by atoms with van der Waals surface area (Å²) in [6.45, 7) is 8.75. The van der Waals surface area contributed by atoms with E-state index in [0.29, 0.717) is 18.6 Å². The quantitative estimate of drug-likeness (QED) is 0.302. The van der Waals surface area contributed by atoms with Crippen LogP contribution >= 0.6 is 0 Å². The molecule has 0 fully saturated rings. The molecule has 0 saturated carbocycles. The van der Waals surface area contributed by atoms with Crippen molar-refractivity contribution in [3.8, 4) is 0 Å². The Morgan fingerprint density at radius 2 is 1.82 bits per heavy atom. The van der Waals surface area contributed by atoms with Gasteiger partial charge in [-0.3, -0.25) is 0 Å². The average Bonchev–Trinajstić information content (AvgIpc) is 3.13. The molecule has 178 valence electrons. The van der Waals surface area contributed by atoms with E-state index in [9.17, 15) is 10.0 Å². The molecule has 34 heavy (non-hydrogen) atoms. The van der Waals surface area contributed by atoms with Gasteiger partial charge < -0.3 is 19.8 Å². The second-order valence-corrected chi connectivity index (χ2v) is 9.60. The predicted octanol–water partition coefficient (Wildman–Crippen LogP) is 5.24. The van der Waals surface area contributed by atoms with Crippen LogP contribution in [0.5, 0.6) is 0 Å². The molecule has 0 aliphatic rings. The van der Waals surface area contributed by atoms with Gasteiger partial charge in [0.25, 0.3) is 0 Å². The normalized spacial score (nSPS) is 11.8. The van der Waals surface area contributed by atoms with Gasteiger partial charge in [0.2, 0.25) is 11.7 Å². The van der Waals surface area contributed by atoms with Crippen molar-refractivity contribution in [3.05, 3.63) is 76.9 Å². The number of aryl methyl sites for hydroxylation is 1. The third-order valence-corrected chi connectivity index (χ3v) is 5.66. The summed E-state index contributed by atoms with van der Waals surface area (Å²) in [6.07, 6.45) is 4.12. The number of fused-ring (bicyclic) bond motifs is 3. The average molecular weight is 461 g/mol. The molecule has 1 amide bonds. The number of hydrogen-bond donors (Lipinski definition) is 1. The molecule has 0 unspecified atom stereocenters. The number of benzene rings is 2. The van der Waals surface area contributed by atoms with Crippen LogP contribution in [-0.4, -0.2) is 21.2 Å². The monoisotopic (exact) mass is 460 g/mol. The minimum atomic E-state index is -0.521. The van der Waals surface area contributed by atoms with Gasteiger partial charge in [0.15, 0.2) is 5.52 Å². The molecule has 1 N–H and O–H groups in total. The van der Waals surface area contributed by atoms with E-state index >= 15 is 0 Å². The Morgan fingerprint density at radius 3 is 2.53 bits per heavy atom. The van der Waals surface area contributed by atoms with Crippen LogP contribution < -0.4 is 10.0 Å². The standard InChI is InChI=1S/C27H32N4O3/c1-5-6-11-24-29-22-18-31(33)23-10-8-7-9-21(23)25(22)30(24)17-20-14-12-19(13-15-20)16-28-26(32)34-27(2,3)4/h7-10,12-15,18H,5-6,11,16-17H2,1-4H3,(H,28,32). The van der Waals surface area contributed by atoms with Crippen molar-refractivity contribution in [3.63, 3.8) is 0 Å². The van der Waals surface area contributed by atoms with Crippen molar-refractivity contribution in [1.29, 1.82) is 0 Å². The van der Waals surface area contributed by atoms with E-state index in [1.165, 1.54) is 0 Å². The minimum absolute atomic E-state index is 0.402. The number of alkyl carbamates (subject to hydrolysis) is 1. The Hall–Kier alpha value is -3.61. The van der Waals surface area contributed by atoms with Gasteiger partial charge in [-0.05, 0) is 44.4 Å². The maximum absolute atomic E-state index is 12.5. The van der Waals surface area contributed by atoms with E-state index in [1.54, 1.807) is 6.20 Å². The highest BCUT2D eigenvalue weighted by atomic mass is 16.6. The summed E-state index contributed by atoms with van der Waals surface area (Å²) in [4.78, 5) is 16.8. The van der Waals surface area contributed by atoms with Crippen LogP contribution in [0.15, 0.2) is 54.7 Å². The summed E-state index contributed by atoms with van der Waals surface area (Å²) in [6, 6.07) is 15.8. The molecule has 0 atom stereocenters. The second kappa shape index (κ2) is 9.71. The Kier molecular flexibility index (Phi) is 6.72. The SMILES string of the molecule is CCCCc1nc2c[n+]([O-])c3ccccc3c2n1Cc1ccc(CNC(=O)OC(C)(C)C)cc1. The Bertz CT molecular complexity index is 1300. The fraction of sp³-hybridized carbons (Fsp3) is 0.370. The van der Waals surface area contributed by atoms with E-state index in [4.69, 9.17) is 9.72 Å². The number of rotatable bonds is 7. The molecule has 4 aromatic rings. The van der Waals surface area contributed by atoms with Crippen LogP contribution in [0.4, 0.5) is 4.79 Å². The van der Waals surface area contributed by atoms with Crippen LogP contribution in [-0.2, 0) is 24.2 Å². The smallest absolute Gasteiger partial charge is 0.407 e. The molecule has 2 aromatic carbocycles. The molecule has 7 nitrogen and oxygen atoms in total. The first kappa shape index (κ1) is 23.5. The summed E-state index contributed by atoms with van der Waals surface area (Å²) in [7, 11) is 0. The maximum Gasteiger partial charge on any atom is 0.407 e. The first-order chi connectivity index (χ1) is 16.2. The van der Waals surface area contributed by atoms with Gasteiger partial charge in [-0.1, -0.05) is 49.7 Å². The Morgan fingerprint density at radius 1 is 1.12 bits per heavy atom. The summed E-state index contributed by atoms with van der Waals surface area (Å²) in [5.41, 5.74) is 3.95. The lowest BCUT2D eigenvalue weighted by atomic mass is 10.1. The fourth-order valence-corrected chi connectivity index (χ4v) is 4.07. The van der Waals surface area contributed by atoms with Gasteiger partial charge in [0.05, 0.1) is 10.9 Å². The highest BCUT2D eigenvalue weighted by Crippen LogP contribution is 2.26. The van der Waals surface area contributed by atoms with E-state index in [-0.39, 0.29) is 0 Å². The number of para-hydroxylation sites is 1. The number of ether oxygens (including phenoxy) is 1. The minimum Gasteiger partial charge on any atom is -0.618 e. The van der Waals surface area contributed by atoms with Gasteiger partial charge >= 0.3 is 6.09 Å². The number of amides is 1. The van der Waals surface area contributed by atoms with Gasteiger partial charge in [-0.15, -0.1) is 0 Å². The van der Waals surface area contributed by atoms with Crippen molar-refractivity contribution in [1.82, 2.24) is 14.9 Å². The van der Waals surface area contributed by atoms with Crippen molar-refractivity contribution in [2.75, 3.05) is 0 Å². The molecule has 0 aliphatic heterocycles. The third-order valence-electron chi connectivity index (χ3n) is 5.66. The van der Waals surface area contributed by atoms with Gasteiger partial charge in [0, 0.05) is 25.6 Å². The molecule has 2 heterocycles. The van der Waals surface area contributed by atoms with E-state index in [1.807, 2.05) is 57.2 Å². The number of nitrogens with one attached hydrogen (secondary N) is 1. The van der Waals surface area contributed by atoms with Gasteiger partial charge in [0.1, 0.15) is 11.4 Å². The fourth-order valence-electron chi connectivity index (χ4n) is 4.07. The largest absolute Gasteiger partial charge is 0.618 e. The molecule has 0 bridgehead atoms. The van der Waals surface area contributed by atoms with Gasteiger partial charge in [-0.25, -0.2) is 9.78 Å². The van der Waals surface area contributed by atoms with Crippen LogP contribution in [0.1, 0.15) is 57.5 Å². The first-order valence-electron chi connectivity index (χ1n) is 11.8. The zero-order valence-electron chi connectivity index (χ0n) is 20.3. The second-order valence-electron chi connectivity index (χ2n) is 9.60. The number of nitrogens with zero attached hydrogens (tertiary/aromatic N) is 3. The van der Waals surface area contributed by atoms with E-state index < -0.39 is 11.7 Å². The van der Waals surface area contributed by atoms with Crippen LogP contribution in [0.3, 0.4) is 0 Å². The molecule has 2 aromatic heterocycles. The van der Waals surface area contributed by atoms with Crippen LogP contribution in [0.25, 0.3) is 21.9 Å². The predicted molar refractivity (Wildman–Crippen MR) is 133 cm³/mol. The molecule has 0 saturated heterocycles. The van der Waals surface area contributed by atoms with Crippen LogP contribution in [0, 0.1) is 5.21 Å². The lowest BCUT2D eigenvalue weighted by Gasteiger charge is -2.19. The molecular weight excluding hydrogens is 428 g/mol. The highest BCUT2D eigenvalue weighted by molar-refractivity contribution is 6.00. The molecular formula is C27H32N4O3. The maximum atomic E-state index is 12.5. The zero-order chi connectivity index (χ0) is 24.3. The van der Waals surface area contributed by atoms with Crippen molar-refractivity contribution in [2.45, 2.75) is 65.6 Å². The van der Waals surface area contributed by atoms with E-state index in [0.717, 1.165) is 57.4 Å². The van der Waals surface area contributed by atoms with Crippen LogP contribution in [0.2, 0.25) is 0 Å². The summed E-state index contributed by atoms with van der Waals surface area (Å²) < 4.78 is 8.44. The van der Waals surface area contributed by atoms with Crippen molar-refractivity contribution >= 4 is 28.0 Å². The first-order valence-corrected chi connectivity index (χ1v) is 11.8. The zero-order valence-corrected chi connectivity index (χ0v) is 20.3. The summed E-state index contributed by atoms with van der Waals surface area (Å²) in [5, 5.41) is 16.2. The Balaban J connectivity index is 1.61. The summed E-state index contributed by atoms with van der Waals surface area (Å²) in [5.74, 6) is 0.990. The molecule has 0 radical (unpaired) electrons. The Labute approximate surface area is 200 Å². The molecule has 7 heteroatoms. The van der Waals surface area contributed by atoms with Crippen molar-refractivity contribution in [2.24, 2.45) is 0 Å². The lowest BCUT2D eigenvalue weighted by Crippen LogP contribution is -2.32. The van der Waals surface area contributed by atoms with Crippen molar-refractivity contribution < 1.29 is 14.3 Å². The number of unbranched alkanes of at least 4 members (excludes halogenated alkanes) is 1. The molecule has 4 rings (SSSR count). The molecule has 0 spiro atoms. The lowest BCUT2D eigenvalue weighted by molar-refractivity contribution is -0.575.